The molecule has 0 saturated carbocycles. The van der Waals surface area contributed by atoms with Crippen molar-refractivity contribution in [1.82, 2.24) is 0 Å². The maximum atomic E-state index is 12.9. The molecule has 0 amide bonds. The minimum atomic E-state index is -3.25. The van der Waals surface area contributed by atoms with Crippen molar-refractivity contribution in [3.63, 3.8) is 0 Å². The molecular weight excluding hydrogens is 1020 g/mol. The third-order valence-electron chi connectivity index (χ3n) is 13.1. The predicted molar refractivity (Wildman–Crippen MR) is 277 cm³/mol. The lowest BCUT2D eigenvalue weighted by Crippen LogP contribution is -2.26. The standard InChI is InChI=1S/C22H30O4S6.C12H18O2S2.C11H16O2S3/c1-5-7-15-9-13(3)31(23,24)21-17(15)11-19(27-21)29-30-20-12-18-16(8-6-2)10-14(4)32(25,26)22(18)28-20;1-4-5-10-7-9(3)16(13,14)12-11(10)6-8(2)15-12;1-3-4-8-5-7(2)16(12,13)11-9(8)6-10(14)15-11/h11-16H,5-10H2,1-4H3;6,9-10H,4-5,7H2,1-3H3;6-8,14H,3-5H2,1-2H3/t13-,14-,15-,16-;9-,10-;7-,8-/m000/s1. The Morgan fingerprint density at radius 3 is 1.08 bits per heavy atom. The van der Waals surface area contributed by atoms with Gasteiger partial charge in [-0.05, 0) is 178 Å². The molecule has 4 aromatic heterocycles. The van der Waals surface area contributed by atoms with Crippen LogP contribution in [0.1, 0.15) is 183 Å². The van der Waals surface area contributed by atoms with E-state index in [1.54, 1.807) is 21.6 Å². The summed E-state index contributed by atoms with van der Waals surface area (Å²) in [6.07, 6.45) is 11.4. The maximum absolute atomic E-state index is 12.9. The van der Waals surface area contributed by atoms with Crippen molar-refractivity contribution < 1.29 is 33.7 Å². The Kier molecular flexibility index (Phi) is 17.7. The molecule has 0 aromatic carbocycles. The molecule has 8 rings (SSSR count). The molecule has 8 nitrogen and oxygen atoms in total. The second-order valence-corrected chi connectivity index (χ2v) is 36.2. The normalized spacial score (nSPS) is 28.0. The summed E-state index contributed by atoms with van der Waals surface area (Å²) in [4.78, 5) is 1.11. The Bertz CT molecular complexity index is 2530. The van der Waals surface area contributed by atoms with Gasteiger partial charge in [0, 0.05) is 4.88 Å². The quantitative estimate of drug-likeness (QED) is 0.114. The van der Waals surface area contributed by atoms with Crippen LogP contribution >= 0.6 is 79.6 Å². The van der Waals surface area contributed by atoms with Crippen molar-refractivity contribution in [2.75, 3.05) is 0 Å². The van der Waals surface area contributed by atoms with Gasteiger partial charge in [0.1, 0.15) is 16.8 Å². The first-order valence-corrected chi connectivity index (χ1v) is 34.6. The van der Waals surface area contributed by atoms with Gasteiger partial charge in [-0.25, -0.2) is 33.7 Å². The molecule has 8 atom stereocenters. The molecule has 0 spiro atoms. The zero-order valence-corrected chi connectivity index (χ0v) is 47.3. The molecule has 0 bridgehead atoms. The van der Waals surface area contributed by atoms with E-state index in [0.717, 1.165) is 104 Å². The fraction of sp³-hybridized carbons (Fsp3) is 0.644. The van der Waals surface area contributed by atoms with E-state index in [2.05, 4.69) is 58.5 Å². The minimum Gasteiger partial charge on any atom is -0.223 e. The summed E-state index contributed by atoms with van der Waals surface area (Å²) in [5.41, 5.74) is 4.07. The number of aryl methyl sites for hydroxylation is 1. The number of rotatable bonds is 11. The molecule has 358 valence electrons. The Labute approximate surface area is 413 Å². The lowest BCUT2D eigenvalue weighted by Gasteiger charge is -2.26. The van der Waals surface area contributed by atoms with Gasteiger partial charge in [-0.15, -0.1) is 58.0 Å². The average molecular weight is 1090 g/mol. The van der Waals surface area contributed by atoms with Crippen LogP contribution in [0.4, 0.5) is 0 Å². The molecule has 64 heavy (non-hydrogen) atoms. The summed E-state index contributed by atoms with van der Waals surface area (Å²) in [7, 11) is -9.51. The Morgan fingerprint density at radius 2 is 0.750 bits per heavy atom. The molecule has 4 aliphatic heterocycles. The fourth-order valence-electron chi connectivity index (χ4n) is 9.65. The van der Waals surface area contributed by atoms with Crippen molar-refractivity contribution in [3.05, 3.63) is 51.4 Å². The summed E-state index contributed by atoms with van der Waals surface area (Å²) in [5, 5.41) is -1.12. The van der Waals surface area contributed by atoms with Crippen molar-refractivity contribution in [3.8, 4) is 0 Å². The van der Waals surface area contributed by atoms with Crippen molar-refractivity contribution >= 4 is 119 Å². The average Bonchev–Trinajstić information content (AvgIpc) is 4.04. The summed E-state index contributed by atoms with van der Waals surface area (Å²) >= 11 is 9.79. The summed E-state index contributed by atoms with van der Waals surface area (Å²) < 4.78 is 105. The summed E-state index contributed by atoms with van der Waals surface area (Å²) in [5.74, 6) is 1.46. The lowest BCUT2D eigenvalue weighted by atomic mass is 9.91. The highest BCUT2D eigenvalue weighted by Crippen LogP contribution is 2.53. The largest absolute Gasteiger partial charge is 0.223 e. The molecule has 4 aromatic rings. The number of hydrogen-bond acceptors (Lipinski definition) is 15. The van der Waals surface area contributed by atoms with Crippen molar-refractivity contribution in [2.45, 2.75) is 213 Å². The molecule has 0 aliphatic carbocycles. The highest BCUT2D eigenvalue weighted by molar-refractivity contribution is 8.77. The maximum Gasteiger partial charge on any atom is 0.190 e. The Balaban J connectivity index is 0.000000178. The van der Waals surface area contributed by atoms with Gasteiger partial charge in [0.2, 0.25) is 0 Å². The van der Waals surface area contributed by atoms with Gasteiger partial charge in [0.15, 0.2) is 39.3 Å². The van der Waals surface area contributed by atoms with Crippen LogP contribution < -0.4 is 0 Å². The van der Waals surface area contributed by atoms with E-state index in [1.807, 2.05) is 40.7 Å². The lowest BCUT2D eigenvalue weighted by molar-refractivity contribution is 0.512. The van der Waals surface area contributed by atoms with E-state index in [-0.39, 0.29) is 21.0 Å². The first-order chi connectivity index (χ1) is 30.0. The number of hydrogen-bond donors (Lipinski definition) is 1. The minimum absolute atomic E-state index is 0.213. The van der Waals surface area contributed by atoms with Crippen LogP contribution in [-0.2, 0) is 39.3 Å². The zero-order valence-electron chi connectivity index (χ0n) is 38.2. The van der Waals surface area contributed by atoms with Crippen LogP contribution in [0.5, 0.6) is 0 Å². The van der Waals surface area contributed by atoms with Gasteiger partial charge in [-0.2, -0.15) is 0 Å². The van der Waals surface area contributed by atoms with Crippen molar-refractivity contribution in [1.29, 1.82) is 0 Å². The number of fused-ring (bicyclic) bond motifs is 4. The molecule has 0 N–H and O–H groups in total. The van der Waals surface area contributed by atoms with E-state index in [1.165, 1.54) is 45.3 Å². The molecule has 8 heterocycles. The van der Waals surface area contributed by atoms with Gasteiger partial charge in [-0.1, -0.05) is 53.4 Å². The van der Waals surface area contributed by atoms with Crippen LogP contribution in [0.15, 0.2) is 53.7 Å². The van der Waals surface area contributed by atoms with Crippen LogP contribution in [0.3, 0.4) is 0 Å². The van der Waals surface area contributed by atoms with Crippen LogP contribution in [-0.4, -0.2) is 54.7 Å². The SMILES string of the molecule is CCC[C@H]1C[C@H](C)S(=O)(=O)c2sc(C)cc21.CCC[C@H]1C[C@H](C)S(=O)(=O)c2sc(S)cc21.CCC[C@H]1C[C@H](C)S(=O)(=O)c2sc(SSc3cc4c(s3)S(=O)(=O)[C@@H](C)C[C@@H]4CCC)cc21. The van der Waals surface area contributed by atoms with Crippen LogP contribution in [0.2, 0.25) is 0 Å². The van der Waals surface area contributed by atoms with E-state index in [4.69, 9.17) is 0 Å². The van der Waals surface area contributed by atoms with Gasteiger partial charge >= 0.3 is 0 Å². The first-order valence-electron chi connectivity index (χ1n) is 22.5. The van der Waals surface area contributed by atoms with E-state index in [0.29, 0.717) is 53.3 Å². The number of thiol groups is 1. The Hall–Kier alpha value is -0.350. The van der Waals surface area contributed by atoms with Gasteiger partial charge < -0.3 is 0 Å². The molecule has 0 unspecified atom stereocenters. The highest BCUT2D eigenvalue weighted by Gasteiger charge is 2.41. The Morgan fingerprint density at radius 1 is 0.469 bits per heavy atom. The molecule has 0 saturated heterocycles. The van der Waals surface area contributed by atoms with Crippen molar-refractivity contribution in [2.24, 2.45) is 0 Å². The molecule has 0 radical (unpaired) electrons. The van der Waals surface area contributed by atoms with E-state index in [9.17, 15) is 33.7 Å². The molecule has 0 fully saturated rings. The topological polar surface area (TPSA) is 137 Å². The first kappa shape index (κ1) is 53.0. The van der Waals surface area contributed by atoms with Gasteiger partial charge in [0.05, 0.1) is 33.6 Å². The number of sulfone groups is 4. The third-order valence-corrected chi connectivity index (χ3v) is 32.0. The summed E-state index contributed by atoms with van der Waals surface area (Å²) in [6, 6.07) is 8.14. The second kappa shape index (κ2) is 21.3. The highest BCUT2D eigenvalue weighted by atomic mass is 33.1. The number of thiophene rings is 4. The second-order valence-electron chi connectivity index (χ2n) is 18.0. The molecular formula is C45H64O8S11. The van der Waals surface area contributed by atoms with Crippen LogP contribution in [0, 0.1) is 6.92 Å². The van der Waals surface area contributed by atoms with E-state index < -0.39 is 39.3 Å². The smallest absolute Gasteiger partial charge is 0.190 e. The van der Waals surface area contributed by atoms with E-state index >= 15 is 0 Å². The van der Waals surface area contributed by atoms with Gasteiger partial charge in [0.25, 0.3) is 0 Å². The monoisotopic (exact) mass is 1080 g/mol. The fourth-order valence-corrected chi connectivity index (χ4v) is 27.5. The summed E-state index contributed by atoms with van der Waals surface area (Å²) in [6.45, 7) is 17.9. The van der Waals surface area contributed by atoms with Gasteiger partial charge in [-0.3, -0.25) is 0 Å². The third kappa shape index (κ3) is 10.8. The zero-order chi connectivity index (χ0) is 47.1. The molecule has 4 aliphatic rings. The van der Waals surface area contributed by atoms with Crippen LogP contribution in [0.25, 0.3) is 0 Å². The predicted octanol–water partition coefficient (Wildman–Crippen LogP) is 14.5. The molecule has 19 heteroatoms.